The molecule has 0 spiro atoms. The molecule has 1 aromatic carbocycles. The minimum atomic E-state index is -0.646. The summed E-state index contributed by atoms with van der Waals surface area (Å²) in [5.74, 6) is 0.248. The fourth-order valence-corrected chi connectivity index (χ4v) is 2.70. The minimum absolute atomic E-state index is 0.0354. The van der Waals surface area contributed by atoms with Crippen molar-refractivity contribution >= 4 is 29.1 Å². The van der Waals surface area contributed by atoms with Crippen LogP contribution in [0.25, 0.3) is 0 Å². The predicted octanol–water partition coefficient (Wildman–Crippen LogP) is 3.44. The van der Waals surface area contributed by atoms with Gasteiger partial charge in [-0.25, -0.2) is 0 Å². The summed E-state index contributed by atoms with van der Waals surface area (Å²) in [6.45, 7) is 4.38. The fourth-order valence-electron chi connectivity index (χ4n) is 2.25. The molecule has 1 aromatic rings. The Morgan fingerprint density at radius 3 is 2.81 bits per heavy atom. The van der Waals surface area contributed by atoms with Crippen molar-refractivity contribution in [3.05, 3.63) is 28.2 Å². The van der Waals surface area contributed by atoms with E-state index in [-0.39, 0.29) is 18.1 Å². The lowest BCUT2D eigenvalue weighted by molar-refractivity contribution is -0.128. The van der Waals surface area contributed by atoms with Crippen LogP contribution in [-0.2, 0) is 9.53 Å². The van der Waals surface area contributed by atoms with Crippen LogP contribution in [0.1, 0.15) is 26.7 Å². The Kier molecular flexibility index (Phi) is 5.73. The first-order chi connectivity index (χ1) is 9.97. The van der Waals surface area contributed by atoms with E-state index in [0.29, 0.717) is 15.8 Å². The van der Waals surface area contributed by atoms with E-state index in [2.05, 4.69) is 5.32 Å². The molecule has 0 unspecified atom stereocenters. The van der Waals surface area contributed by atoms with E-state index in [1.807, 2.05) is 6.92 Å². The van der Waals surface area contributed by atoms with Gasteiger partial charge in [-0.05, 0) is 44.9 Å². The predicted molar refractivity (Wildman–Crippen MR) is 83.1 cm³/mol. The van der Waals surface area contributed by atoms with E-state index in [0.717, 1.165) is 19.4 Å². The zero-order valence-corrected chi connectivity index (χ0v) is 13.6. The molecule has 1 aliphatic rings. The average Bonchev–Trinajstić information content (AvgIpc) is 2.95. The first kappa shape index (κ1) is 16.4. The second kappa shape index (κ2) is 7.34. The Labute approximate surface area is 134 Å². The van der Waals surface area contributed by atoms with Crippen molar-refractivity contribution < 1.29 is 14.3 Å². The van der Waals surface area contributed by atoms with Crippen LogP contribution in [0.5, 0.6) is 5.75 Å². The molecule has 4 nitrogen and oxygen atoms in total. The lowest BCUT2D eigenvalue weighted by Crippen LogP contribution is -2.46. The highest BCUT2D eigenvalue weighted by molar-refractivity contribution is 6.35. The molecule has 0 saturated carbocycles. The van der Waals surface area contributed by atoms with Crippen molar-refractivity contribution in [2.24, 2.45) is 0 Å². The van der Waals surface area contributed by atoms with Crippen molar-refractivity contribution in [3.63, 3.8) is 0 Å². The molecule has 0 radical (unpaired) electrons. The quantitative estimate of drug-likeness (QED) is 0.898. The first-order valence-corrected chi connectivity index (χ1v) is 7.76. The largest absolute Gasteiger partial charge is 0.479 e. The molecule has 1 amide bonds. The summed E-state index contributed by atoms with van der Waals surface area (Å²) in [5, 5.41) is 3.82. The van der Waals surface area contributed by atoms with Crippen LogP contribution in [-0.4, -0.2) is 30.8 Å². The molecular weight excluding hydrogens is 313 g/mol. The van der Waals surface area contributed by atoms with Crippen LogP contribution in [0.15, 0.2) is 18.2 Å². The third kappa shape index (κ3) is 4.50. The van der Waals surface area contributed by atoms with Gasteiger partial charge >= 0.3 is 0 Å². The molecule has 0 aromatic heterocycles. The van der Waals surface area contributed by atoms with Gasteiger partial charge in [0.05, 0.1) is 17.2 Å². The Hall–Kier alpha value is -0.970. The topological polar surface area (TPSA) is 47.6 Å². The lowest BCUT2D eigenvalue weighted by atomic mass is 10.1. The molecule has 1 saturated heterocycles. The molecule has 0 aliphatic carbocycles. The van der Waals surface area contributed by atoms with Gasteiger partial charge in [0.1, 0.15) is 5.75 Å². The number of hydrogen-bond donors (Lipinski definition) is 1. The number of rotatable bonds is 5. The number of carbonyl (C=O) groups excluding carboxylic acids is 1. The van der Waals surface area contributed by atoms with Gasteiger partial charge < -0.3 is 14.8 Å². The summed E-state index contributed by atoms with van der Waals surface area (Å²) >= 11 is 11.9. The van der Waals surface area contributed by atoms with Gasteiger partial charge in [-0.2, -0.15) is 0 Å². The normalized spacial score (nSPS) is 20.9. The van der Waals surface area contributed by atoms with Gasteiger partial charge in [0.2, 0.25) is 0 Å². The molecule has 1 aliphatic heterocycles. The number of amides is 1. The summed E-state index contributed by atoms with van der Waals surface area (Å²) < 4.78 is 11.1. The van der Waals surface area contributed by atoms with Gasteiger partial charge in [-0.15, -0.1) is 0 Å². The maximum absolute atomic E-state index is 12.1. The van der Waals surface area contributed by atoms with Crippen LogP contribution in [0.3, 0.4) is 0 Å². The van der Waals surface area contributed by atoms with Crippen molar-refractivity contribution in [2.75, 3.05) is 6.61 Å². The zero-order valence-electron chi connectivity index (χ0n) is 12.1. The van der Waals surface area contributed by atoms with Gasteiger partial charge in [0.15, 0.2) is 6.10 Å². The summed E-state index contributed by atoms with van der Waals surface area (Å²) in [7, 11) is 0. The van der Waals surface area contributed by atoms with Crippen molar-refractivity contribution in [1.82, 2.24) is 5.32 Å². The SMILES string of the molecule is C[C@@H](Oc1ccc(Cl)cc1Cl)C(=O)N[C@H](C)[C@H]1CCCO1. The zero-order chi connectivity index (χ0) is 15.4. The molecule has 21 heavy (non-hydrogen) atoms. The van der Waals surface area contributed by atoms with Crippen LogP contribution in [0.2, 0.25) is 10.0 Å². The lowest BCUT2D eigenvalue weighted by Gasteiger charge is -2.22. The monoisotopic (exact) mass is 331 g/mol. The Morgan fingerprint density at radius 1 is 1.43 bits per heavy atom. The number of ether oxygens (including phenoxy) is 2. The molecule has 0 bridgehead atoms. The third-order valence-electron chi connectivity index (χ3n) is 3.46. The van der Waals surface area contributed by atoms with Crippen molar-refractivity contribution in [3.8, 4) is 5.75 Å². The summed E-state index contributed by atoms with van der Waals surface area (Å²) in [6.07, 6.45) is 1.45. The maximum atomic E-state index is 12.1. The van der Waals surface area contributed by atoms with Crippen LogP contribution in [0.4, 0.5) is 0 Å². The summed E-state index contributed by atoms with van der Waals surface area (Å²) in [6, 6.07) is 4.87. The average molecular weight is 332 g/mol. The standard InChI is InChI=1S/C15H19Cl2NO3/c1-9(13-4-3-7-20-13)18-15(19)10(2)21-14-6-5-11(16)8-12(14)17/h5-6,8-10,13H,3-4,7H2,1-2H3,(H,18,19)/t9-,10-,13-/m1/s1. The van der Waals surface area contributed by atoms with Crippen molar-refractivity contribution in [1.29, 1.82) is 0 Å². The number of halogens is 2. The maximum Gasteiger partial charge on any atom is 0.261 e. The van der Waals surface area contributed by atoms with Gasteiger partial charge in [0, 0.05) is 11.6 Å². The first-order valence-electron chi connectivity index (χ1n) is 7.01. The minimum Gasteiger partial charge on any atom is -0.479 e. The second-order valence-corrected chi connectivity index (χ2v) is 6.03. The van der Waals surface area contributed by atoms with E-state index in [1.165, 1.54) is 0 Å². The summed E-state index contributed by atoms with van der Waals surface area (Å²) in [4.78, 5) is 12.1. The molecule has 2 rings (SSSR count). The van der Waals surface area contributed by atoms with Crippen LogP contribution < -0.4 is 10.1 Å². The van der Waals surface area contributed by atoms with Gasteiger partial charge in [-0.1, -0.05) is 23.2 Å². The smallest absolute Gasteiger partial charge is 0.261 e. The van der Waals surface area contributed by atoms with E-state index >= 15 is 0 Å². The highest BCUT2D eigenvalue weighted by Crippen LogP contribution is 2.28. The third-order valence-corrected chi connectivity index (χ3v) is 3.99. The molecular formula is C15H19Cl2NO3. The number of carbonyl (C=O) groups is 1. The number of benzene rings is 1. The molecule has 1 N–H and O–H groups in total. The van der Waals surface area contributed by atoms with E-state index in [4.69, 9.17) is 32.7 Å². The van der Waals surface area contributed by atoms with Crippen LogP contribution in [0, 0.1) is 0 Å². The molecule has 116 valence electrons. The van der Waals surface area contributed by atoms with Gasteiger partial charge in [-0.3, -0.25) is 4.79 Å². The highest BCUT2D eigenvalue weighted by atomic mass is 35.5. The molecule has 1 fully saturated rings. The molecule has 3 atom stereocenters. The Bertz CT molecular complexity index is 504. The van der Waals surface area contributed by atoms with Crippen LogP contribution >= 0.6 is 23.2 Å². The summed E-state index contributed by atoms with van der Waals surface area (Å²) in [5.41, 5.74) is 0. The van der Waals surface area contributed by atoms with Crippen molar-refractivity contribution in [2.45, 2.75) is 44.9 Å². The van der Waals surface area contributed by atoms with E-state index < -0.39 is 6.10 Å². The highest BCUT2D eigenvalue weighted by Gasteiger charge is 2.26. The number of nitrogens with one attached hydrogen (secondary N) is 1. The Morgan fingerprint density at radius 2 is 2.19 bits per heavy atom. The van der Waals surface area contributed by atoms with Gasteiger partial charge in [0.25, 0.3) is 5.91 Å². The van der Waals surface area contributed by atoms with E-state index in [1.54, 1.807) is 25.1 Å². The molecule has 6 heteroatoms. The Balaban J connectivity index is 1.89. The van der Waals surface area contributed by atoms with E-state index in [9.17, 15) is 4.79 Å². The fraction of sp³-hybridized carbons (Fsp3) is 0.533. The second-order valence-electron chi connectivity index (χ2n) is 5.18. The number of hydrogen-bond acceptors (Lipinski definition) is 3. The molecule has 1 heterocycles.